The summed E-state index contributed by atoms with van der Waals surface area (Å²) in [5, 5.41) is 6.37. The van der Waals surface area contributed by atoms with Crippen molar-refractivity contribution in [3.63, 3.8) is 0 Å². The van der Waals surface area contributed by atoms with Crippen LogP contribution in [0.4, 0.5) is 5.69 Å². The molecule has 0 fully saturated rings. The molecule has 138 valence electrons. The number of carbonyl (C=O) groups is 1. The fraction of sp³-hybridized carbons (Fsp3) is 0.174. The highest BCUT2D eigenvalue weighted by molar-refractivity contribution is 5.95. The summed E-state index contributed by atoms with van der Waals surface area (Å²) in [4.78, 5) is 13.0. The van der Waals surface area contributed by atoms with E-state index >= 15 is 0 Å². The number of methoxy groups -OCH3 is 1. The van der Waals surface area contributed by atoms with Gasteiger partial charge < -0.3 is 10.1 Å². The molecule has 0 aromatic heterocycles. The van der Waals surface area contributed by atoms with Crippen LogP contribution in [0.3, 0.4) is 0 Å². The Morgan fingerprint density at radius 1 is 0.926 bits per heavy atom. The molecule has 2 N–H and O–H groups in total. The van der Waals surface area contributed by atoms with Crippen LogP contribution in [0.5, 0.6) is 5.75 Å². The van der Waals surface area contributed by atoms with Crippen molar-refractivity contribution in [1.29, 1.82) is 0 Å². The van der Waals surface area contributed by atoms with Gasteiger partial charge >= 0.3 is 0 Å². The van der Waals surface area contributed by atoms with Gasteiger partial charge in [-0.15, -0.1) is 0 Å². The highest BCUT2D eigenvalue weighted by atomic mass is 16.5. The molecule has 0 aliphatic rings. The first-order valence-corrected chi connectivity index (χ1v) is 8.95. The molecule has 0 saturated heterocycles. The molecule has 0 aliphatic heterocycles. The lowest BCUT2D eigenvalue weighted by atomic mass is 10.1. The average molecular weight is 360 g/mol. The number of ether oxygens (including phenoxy) is 1. The van der Waals surface area contributed by atoms with E-state index in [9.17, 15) is 4.79 Å². The van der Waals surface area contributed by atoms with Gasteiger partial charge in [0.2, 0.25) is 5.91 Å². The number of hydrogen-bond acceptors (Lipinski definition) is 3. The second kappa shape index (κ2) is 9.01. The molecule has 1 atom stereocenters. The number of carbonyl (C=O) groups excluding carboxylic acids is 1. The average Bonchev–Trinajstić information content (AvgIpc) is 2.71. The maximum atomic E-state index is 13.0. The first-order valence-electron chi connectivity index (χ1n) is 8.95. The van der Waals surface area contributed by atoms with Crippen LogP contribution in [0.25, 0.3) is 0 Å². The predicted octanol–water partition coefficient (Wildman–Crippen LogP) is 4.47. The first kappa shape index (κ1) is 18.7. The summed E-state index contributed by atoms with van der Waals surface area (Å²) in [5.74, 6) is 0.704. The lowest BCUT2D eigenvalue weighted by Crippen LogP contribution is -2.32. The van der Waals surface area contributed by atoms with Crippen LogP contribution < -0.4 is 15.4 Å². The van der Waals surface area contributed by atoms with Gasteiger partial charge in [0, 0.05) is 17.8 Å². The number of rotatable bonds is 7. The van der Waals surface area contributed by atoms with E-state index in [0.29, 0.717) is 6.54 Å². The summed E-state index contributed by atoms with van der Waals surface area (Å²) in [6, 6.07) is 24.8. The summed E-state index contributed by atoms with van der Waals surface area (Å²) in [6.45, 7) is 2.54. The summed E-state index contributed by atoms with van der Waals surface area (Å²) >= 11 is 0. The first-order chi connectivity index (χ1) is 13.2. The minimum Gasteiger partial charge on any atom is -0.496 e. The Labute approximate surface area is 160 Å². The predicted molar refractivity (Wildman–Crippen MR) is 109 cm³/mol. The van der Waals surface area contributed by atoms with Crippen molar-refractivity contribution in [3.05, 3.63) is 95.6 Å². The minimum atomic E-state index is -0.475. The lowest BCUT2D eigenvalue weighted by molar-refractivity contribution is -0.118. The molecule has 0 radical (unpaired) electrons. The highest BCUT2D eigenvalue weighted by Gasteiger charge is 2.20. The molecule has 0 saturated carbocycles. The maximum absolute atomic E-state index is 13.0. The smallest absolute Gasteiger partial charge is 0.246 e. The molecule has 4 heteroatoms. The number of hydrogen-bond donors (Lipinski definition) is 2. The molecule has 1 amide bonds. The van der Waals surface area contributed by atoms with Gasteiger partial charge in [-0.2, -0.15) is 0 Å². The van der Waals surface area contributed by atoms with Gasteiger partial charge in [-0.25, -0.2) is 0 Å². The second-order valence-electron chi connectivity index (χ2n) is 6.39. The molecule has 1 unspecified atom stereocenters. The highest BCUT2D eigenvalue weighted by Crippen LogP contribution is 2.21. The van der Waals surface area contributed by atoms with Crippen LogP contribution in [0.1, 0.15) is 22.7 Å². The zero-order valence-corrected chi connectivity index (χ0v) is 15.6. The Hall–Kier alpha value is -3.11. The second-order valence-corrected chi connectivity index (χ2v) is 6.39. The van der Waals surface area contributed by atoms with Gasteiger partial charge in [-0.05, 0) is 30.7 Å². The van der Waals surface area contributed by atoms with Crippen LogP contribution in [0, 0.1) is 6.92 Å². The third-order valence-electron chi connectivity index (χ3n) is 4.40. The van der Waals surface area contributed by atoms with Crippen molar-refractivity contribution >= 4 is 11.6 Å². The van der Waals surface area contributed by atoms with Gasteiger partial charge in [0.05, 0.1) is 7.11 Å². The zero-order chi connectivity index (χ0) is 19.1. The molecular formula is C23H24N2O2. The van der Waals surface area contributed by atoms with E-state index in [-0.39, 0.29) is 5.91 Å². The summed E-state index contributed by atoms with van der Waals surface area (Å²) in [7, 11) is 1.65. The molecule has 27 heavy (non-hydrogen) atoms. The van der Waals surface area contributed by atoms with Gasteiger partial charge in [-0.3, -0.25) is 10.1 Å². The molecule has 4 nitrogen and oxygen atoms in total. The molecule has 3 aromatic carbocycles. The van der Waals surface area contributed by atoms with Crippen LogP contribution in [-0.4, -0.2) is 13.0 Å². The van der Waals surface area contributed by atoms with Gasteiger partial charge in [0.15, 0.2) is 0 Å². The minimum absolute atomic E-state index is 0.0973. The lowest BCUT2D eigenvalue weighted by Gasteiger charge is -2.20. The van der Waals surface area contributed by atoms with Crippen molar-refractivity contribution < 1.29 is 9.53 Å². The van der Waals surface area contributed by atoms with E-state index in [1.165, 1.54) is 0 Å². The van der Waals surface area contributed by atoms with Crippen molar-refractivity contribution in [2.75, 3.05) is 12.4 Å². The molecule has 3 aromatic rings. The summed E-state index contributed by atoms with van der Waals surface area (Å²) in [6.07, 6.45) is 0. The van der Waals surface area contributed by atoms with Gasteiger partial charge in [0.1, 0.15) is 11.8 Å². The summed E-state index contributed by atoms with van der Waals surface area (Å²) < 4.78 is 5.41. The Balaban J connectivity index is 1.78. The van der Waals surface area contributed by atoms with E-state index in [2.05, 4.69) is 10.6 Å². The van der Waals surface area contributed by atoms with Crippen molar-refractivity contribution in [2.45, 2.75) is 19.5 Å². The Morgan fingerprint density at radius 3 is 2.30 bits per heavy atom. The summed E-state index contributed by atoms with van der Waals surface area (Å²) in [5.41, 5.74) is 3.86. The quantitative estimate of drug-likeness (QED) is 0.653. The van der Waals surface area contributed by atoms with E-state index in [4.69, 9.17) is 4.74 Å². The van der Waals surface area contributed by atoms with Gasteiger partial charge in [0.25, 0.3) is 0 Å². The largest absolute Gasteiger partial charge is 0.496 e. The maximum Gasteiger partial charge on any atom is 0.246 e. The Kier molecular flexibility index (Phi) is 6.23. The van der Waals surface area contributed by atoms with Crippen molar-refractivity contribution in [2.24, 2.45) is 0 Å². The van der Waals surface area contributed by atoms with Gasteiger partial charge in [-0.1, -0.05) is 66.2 Å². The van der Waals surface area contributed by atoms with E-state index in [1.807, 2.05) is 85.8 Å². The number of benzene rings is 3. The number of para-hydroxylation sites is 1. The van der Waals surface area contributed by atoms with Crippen LogP contribution >= 0.6 is 0 Å². The van der Waals surface area contributed by atoms with Crippen LogP contribution in [-0.2, 0) is 11.3 Å². The number of amides is 1. The molecule has 0 heterocycles. The zero-order valence-electron chi connectivity index (χ0n) is 15.6. The number of aryl methyl sites for hydroxylation is 1. The third kappa shape index (κ3) is 4.96. The SMILES string of the molecule is COc1ccccc1CNC(C(=O)Nc1ccc(C)cc1)c1ccccc1. The Morgan fingerprint density at radius 2 is 1.59 bits per heavy atom. The number of nitrogens with one attached hydrogen (secondary N) is 2. The molecular weight excluding hydrogens is 336 g/mol. The van der Waals surface area contributed by atoms with Crippen molar-refractivity contribution in [3.8, 4) is 5.75 Å². The molecule has 3 rings (SSSR count). The van der Waals surface area contributed by atoms with E-state index in [0.717, 1.165) is 28.1 Å². The van der Waals surface area contributed by atoms with Crippen molar-refractivity contribution in [1.82, 2.24) is 5.32 Å². The van der Waals surface area contributed by atoms with Crippen LogP contribution in [0.15, 0.2) is 78.9 Å². The van der Waals surface area contributed by atoms with E-state index in [1.54, 1.807) is 7.11 Å². The number of anilines is 1. The van der Waals surface area contributed by atoms with Crippen LogP contribution in [0.2, 0.25) is 0 Å². The Bertz CT molecular complexity index is 876. The topological polar surface area (TPSA) is 50.4 Å². The fourth-order valence-electron chi connectivity index (χ4n) is 2.92. The van der Waals surface area contributed by atoms with E-state index < -0.39 is 6.04 Å². The molecule has 0 bridgehead atoms. The third-order valence-corrected chi connectivity index (χ3v) is 4.40. The monoisotopic (exact) mass is 360 g/mol. The standard InChI is InChI=1S/C23H24N2O2/c1-17-12-14-20(15-13-17)25-23(26)22(18-8-4-3-5-9-18)24-16-19-10-6-7-11-21(19)27-2/h3-15,22,24H,16H2,1-2H3,(H,25,26). The normalized spacial score (nSPS) is 11.6. The molecule has 0 aliphatic carbocycles. The molecule has 0 spiro atoms. The fourth-order valence-corrected chi connectivity index (χ4v) is 2.92.